The smallest absolute Gasteiger partial charge is 0.497 e. The summed E-state index contributed by atoms with van der Waals surface area (Å²) in [7, 11) is 1.44. The second-order valence-electron chi connectivity index (χ2n) is 11.6. The third-order valence-corrected chi connectivity index (χ3v) is 7.89. The molecule has 5 rings (SSSR count). The van der Waals surface area contributed by atoms with Crippen LogP contribution in [0.3, 0.4) is 0 Å². The van der Waals surface area contributed by atoms with Crippen molar-refractivity contribution in [1.82, 2.24) is 0 Å². The number of alkyl halides is 3. The maximum Gasteiger partial charge on any atom is 0.573 e. The molecule has 0 saturated heterocycles. The van der Waals surface area contributed by atoms with Crippen molar-refractivity contribution in [2.75, 3.05) is 23.9 Å². The van der Waals surface area contributed by atoms with E-state index in [2.05, 4.69) is 15.2 Å². The zero-order valence-corrected chi connectivity index (χ0v) is 24.9. The predicted molar refractivity (Wildman–Crippen MR) is 157 cm³/mol. The van der Waals surface area contributed by atoms with Crippen molar-refractivity contribution in [2.24, 2.45) is 5.16 Å². The number of oxime groups is 1. The van der Waals surface area contributed by atoms with E-state index in [1.807, 2.05) is 0 Å². The van der Waals surface area contributed by atoms with Gasteiger partial charge in [0.15, 0.2) is 0 Å². The van der Waals surface area contributed by atoms with E-state index in [9.17, 15) is 32.3 Å². The number of carbonyl (C=O) groups excluding carboxylic acids is 1. The van der Waals surface area contributed by atoms with Gasteiger partial charge in [-0.2, -0.15) is 0 Å². The van der Waals surface area contributed by atoms with Gasteiger partial charge < -0.3 is 29.6 Å². The molecule has 0 aromatic heterocycles. The second-order valence-corrected chi connectivity index (χ2v) is 11.6. The van der Waals surface area contributed by atoms with Crippen LogP contribution in [0, 0.1) is 5.82 Å². The largest absolute Gasteiger partial charge is 0.573 e. The summed E-state index contributed by atoms with van der Waals surface area (Å²) in [5, 5.41) is 16.5. The van der Waals surface area contributed by atoms with Crippen LogP contribution in [-0.4, -0.2) is 48.3 Å². The molecule has 1 unspecified atom stereocenters. The van der Waals surface area contributed by atoms with Gasteiger partial charge in [0.2, 0.25) is 5.60 Å². The number of fused-ring (bicyclic) bond motifs is 2. The number of rotatable bonds is 10. The molecule has 1 aliphatic heterocycles. The molecule has 1 heterocycles. The van der Waals surface area contributed by atoms with Gasteiger partial charge in [0.25, 0.3) is 5.91 Å². The minimum absolute atomic E-state index is 0.266. The predicted octanol–water partition coefficient (Wildman–Crippen LogP) is 6.57. The van der Waals surface area contributed by atoms with E-state index < -0.39 is 41.4 Å². The number of nitrogens with zero attached hydrogens (tertiary/aromatic N) is 2. The third kappa shape index (κ3) is 6.81. The molecule has 3 aromatic rings. The number of carboxylic acids is 1. The Balaban J connectivity index is 1.51. The number of benzene rings is 3. The summed E-state index contributed by atoms with van der Waals surface area (Å²) in [4.78, 5) is 32.5. The molecule has 45 heavy (non-hydrogen) atoms. The van der Waals surface area contributed by atoms with Crippen molar-refractivity contribution in [1.29, 1.82) is 0 Å². The Hall–Kier alpha value is -4.81. The molecule has 1 aliphatic carbocycles. The Kier molecular flexibility index (Phi) is 8.15. The lowest BCUT2D eigenvalue weighted by Crippen LogP contribution is -2.38. The molecular formula is C32H31F4N3O6. The second kappa shape index (κ2) is 11.6. The molecule has 0 radical (unpaired) electrons. The van der Waals surface area contributed by atoms with E-state index in [4.69, 9.17) is 9.57 Å². The first-order valence-corrected chi connectivity index (χ1v) is 14.0. The van der Waals surface area contributed by atoms with Gasteiger partial charge in [0.1, 0.15) is 23.4 Å². The van der Waals surface area contributed by atoms with Crippen LogP contribution in [0.25, 0.3) is 0 Å². The van der Waals surface area contributed by atoms with Crippen LogP contribution in [0.2, 0.25) is 0 Å². The fourth-order valence-corrected chi connectivity index (χ4v) is 5.18. The van der Waals surface area contributed by atoms with Crippen molar-refractivity contribution in [3.05, 3.63) is 83.2 Å². The highest BCUT2D eigenvalue weighted by Crippen LogP contribution is 2.57. The lowest BCUT2D eigenvalue weighted by molar-refractivity contribution is -0.274. The van der Waals surface area contributed by atoms with E-state index in [-0.39, 0.29) is 12.0 Å². The molecule has 1 fully saturated rings. The number of hydrogen-bond donors (Lipinski definition) is 2. The summed E-state index contributed by atoms with van der Waals surface area (Å²) < 4.78 is 62.6. The Morgan fingerprint density at radius 2 is 1.71 bits per heavy atom. The molecule has 1 atom stereocenters. The fourth-order valence-electron chi connectivity index (χ4n) is 5.18. The lowest BCUT2D eigenvalue weighted by atomic mass is 9.99. The Morgan fingerprint density at radius 1 is 1.02 bits per heavy atom. The minimum atomic E-state index is -4.91. The average molecular weight is 630 g/mol. The average Bonchev–Trinajstić information content (AvgIpc) is 3.69. The SMILES string of the molecule is COc1cc(NC(C(=O)N2CC3(CC3)c3ccc(OC(F)(F)F)cc32)c2ccc(F)cc2)cc(/C(C)=N/OC(C)(C)C(=O)O)c1. The van der Waals surface area contributed by atoms with Crippen LogP contribution < -0.4 is 19.7 Å². The quantitative estimate of drug-likeness (QED) is 0.148. The molecule has 2 N–H and O–H groups in total. The van der Waals surface area contributed by atoms with Crippen LogP contribution in [0.15, 0.2) is 65.8 Å². The van der Waals surface area contributed by atoms with Crippen LogP contribution in [0.5, 0.6) is 11.5 Å². The van der Waals surface area contributed by atoms with E-state index in [0.717, 1.165) is 18.4 Å². The number of nitrogens with one attached hydrogen (secondary N) is 1. The van der Waals surface area contributed by atoms with Gasteiger partial charge in [0, 0.05) is 35.3 Å². The number of methoxy groups -OCH3 is 1. The first-order valence-electron chi connectivity index (χ1n) is 14.0. The van der Waals surface area contributed by atoms with Gasteiger partial charge in [0.05, 0.1) is 18.5 Å². The highest BCUT2D eigenvalue weighted by molar-refractivity contribution is 6.03. The Morgan fingerprint density at radius 3 is 2.31 bits per heavy atom. The molecule has 238 valence electrons. The topological polar surface area (TPSA) is 110 Å². The van der Waals surface area contributed by atoms with E-state index >= 15 is 0 Å². The number of halogens is 4. The standard InChI is InChI=1S/C32H31F4N3O6/c1-18(38-45-30(2,3)29(41)42)20-13-22(15-24(14-20)43-4)37-27(19-5-7-21(33)8-6-19)28(40)39-17-31(11-12-31)25-10-9-23(16-26(25)39)44-32(34,35)36/h5-10,13-16,27,37H,11-12,17H2,1-4H3,(H,41,42)/b38-18+. The number of carboxylic acid groups (broad SMARTS) is 1. The summed E-state index contributed by atoms with van der Waals surface area (Å²) in [5.41, 5.74) is 0.756. The maximum absolute atomic E-state index is 14.3. The fraction of sp³-hybridized carbons (Fsp3) is 0.344. The molecular weight excluding hydrogens is 598 g/mol. The first-order chi connectivity index (χ1) is 21.1. The lowest BCUT2D eigenvalue weighted by Gasteiger charge is -2.27. The van der Waals surface area contributed by atoms with E-state index in [1.54, 1.807) is 31.2 Å². The van der Waals surface area contributed by atoms with Crippen LogP contribution in [0.1, 0.15) is 56.3 Å². The third-order valence-electron chi connectivity index (χ3n) is 7.89. The number of amides is 1. The molecule has 9 nitrogen and oxygen atoms in total. The van der Waals surface area contributed by atoms with Crippen molar-refractivity contribution < 1.29 is 46.6 Å². The van der Waals surface area contributed by atoms with Crippen molar-refractivity contribution in [3.63, 3.8) is 0 Å². The Labute approximate surface area is 256 Å². The van der Waals surface area contributed by atoms with Crippen molar-refractivity contribution in [2.45, 2.75) is 57.0 Å². The summed E-state index contributed by atoms with van der Waals surface area (Å²) in [6, 6.07) is 13.2. The van der Waals surface area contributed by atoms with E-state index in [0.29, 0.717) is 34.0 Å². The van der Waals surface area contributed by atoms with Crippen molar-refractivity contribution in [3.8, 4) is 11.5 Å². The van der Waals surface area contributed by atoms with Crippen molar-refractivity contribution >= 4 is 29.0 Å². The van der Waals surface area contributed by atoms with Gasteiger partial charge in [-0.15, -0.1) is 13.2 Å². The summed E-state index contributed by atoms with van der Waals surface area (Å²) in [5.74, 6) is -2.26. The molecule has 0 bridgehead atoms. The number of ether oxygens (including phenoxy) is 2. The zero-order valence-electron chi connectivity index (χ0n) is 24.9. The number of aliphatic carboxylic acids is 1. The number of anilines is 2. The molecule has 3 aromatic carbocycles. The number of carbonyl (C=O) groups is 2. The monoisotopic (exact) mass is 629 g/mol. The van der Waals surface area contributed by atoms with Crippen LogP contribution >= 0.6 is 0 Å². The van der Waals surface area contributed by atoms with Gasteiger partial charge in [-0.3, -0.25) is 4.79 Å². The van der Waals surface area contributed by atoms with Gasteiger partial charge in [-0.1, -0.05) is 23.4 Å². The number of hydrogen-bond acceptors (Lipinski definition) is 7. The molecule has 1 saturated carbocycles. The molecule has 1 amide bonds. The molecule has 1 spiro atoms. The summed E-state index contributed by atoms with van der Waals surface area (Å²) in [6.45, 7) is 4.58. The van der Waals surface area contributed by atoms with Gasteiger partial charge in [-0.05, 0) is 75.1 Å². The van der Waals surface area contributed by atoms with Crippen LogP contribution in [-0.2, 0) is 19.8 Å². The summed E-state index contributed by atoms with van der Waals surface area (Å²) >= 11 is 0. The van der Waals surface area contributed by atoms with Gasteiger partial charge in [-0.25, -0.2) is 9.18 Å². The molecule has 2 aliphatic rings. The maximum atomic E-state index is 14.3. The minimum Gasteiger partial charge on any atom is -0.497 e. The first kappa shape index (κ1) is 31.6. The zero-order chi connectivity index (χ0) is 32.7. The molecule has 13 heteroatoms. The normalized spacial score (nSPS) is 16.2. The Bertz CT molecular complexity index is 1650. The highest BCUT2D eigenvalue weighted by Gasteiger charge is 2.54. The van der Waals surface area contributed by atoms with Gasteiger partial charge >= 0.3 is 12.3 Å². The van der Waals surface area contributed by atoms with E-state index in [1.165, 1.54) is 62.3 Å². The highest BCUT2D eigenvalue weighted by atomic mass is 19.4. The summed E-state index contributed by atoms with van der Waals surface area (Å²) in [6.07, 6.45) is -3.36. The van der Waals surface area contributed by atoms with Crippen LogP contribution in [0.4, 0.5) is 28.9 Å².